The largest absolute Gasteiger partial charge is 0.508 e. The molecule has 0 aliphatic carbocycles. The van der Waals surface area contributed by atoms with Crippen LogP contribution in [0.15, 0.2) is 80.4 Å². The van der Waals surface area contributed by atoms with Crippen LogP contribution in [0.25, 0.3) is 11.0 Å². The third-order valence-corrected chi connectivity index (χ3v) is 6.08. The second-order valence-corrected chi connectivity index (χ2v) is 8.65. The zero-order chi connectivity index (χ0) is 21.7. The lowest BCUT2D eigenvalue weighted by Gasteiger charge is -2.25. The number of phenols is 1. The van der Waals surface area contributed by atoms with Crippen LogP contribution >= 0.6 is 15.9 Å². The van der Waals surface area contributed by atoms with Gasteiger partial charge < -0.3 is 14.4 Å². The summed E-state index contributed by atoms with van der Waals surface area (Å²) < 4.78 is 6.70. The molecular weight excluding hydrogens is 458 g/mol. The minimum atomic E-state index is -0.657. The lowest BCUT2D eigenvalue weighted by Crippen LogP contribution is -2.29. The van der Waals surface area contributed by atoms with E-state index in [0.717, 1.165) is 15.6 Å². The highest BCUT2D eigenvalue weighted by atomic mass is 79.9. The fraction of sp³-hybridized carbons (Fsp3) is 0.120. The number of aryl methyl sites for hydroxylation is 1. The molecule has 0 bridgehead atoms. The molecule has 154 valence electrons. The van der Waals surface area contributed by atoms with E-state index in [9.17, 15) is 14.7 Å². The van der Waals surface area contributed by atoms with Crippen LogP contribution < -0.4 is 5.43 Å². The van der Waals surface area contributed by atoms with Crippen molar-refractivity contribution in [3.63, 3.8) is 0 Å². The van der Waals surface area contributed by atoms with Gasteiger partial charge in [0.2, 0.25) is 5.76 Å². The highest BCUT2D eigenvalue weighted by molar-refractivity contribution is 9.10. The molecule has 5 rings (SSSR count). The Balaban J connectivity index is 1.73. The van der Waals surface area contributed by atoms with Gasteiger partial charge in [-0.05, 0) is 48.4 Å². The molecule has 5 nitrogen and oxygen atoms in total. The standard InChI is InChI=1S/C25H18BrNO4/c1-14-5-7-15(8-6-14)13-27-22(16-3-2-4-18(28)11-16)21-23(29)19-12-17(26)9-10-20(19)31-24(21)25(27)30/h2-12,22,28H,13H2,1H3. The Morgan fingerprint density at radius 1 is 1.03 bits per heavy atom. The predicted octanol–water partition coefficient (Wildman–Crippen LogP) is 5.31. The number of carbonyl (C=O) groups excluding carboxylic acids is 1. The smallest absolute Gasteiger partial charge is 0.291 e. The van der Waals surface area contributed by atoms with Crippen molar-refractivity contribution in [2.75, 3.05) is 0 Å². The summed E-state index contributed by atoms with van der Waals surface area (Å²) in [6.45, 7) is 2.31. The Hall–Kier alpha value is -3.38. The van der Waals surface area contributed by atoms with Gasteiger partial charge in [-0.1, -0.05) is 57.9 Å². The molecule has 2 heterocycles. The summed E-state index contributed by atoms with van der Waals surface area (Å²) >= 11 is 3.40. The summed E-state index contributed by atoms with van der Waals surface area (Å²) in [6.07, 6.45) is 0. The molecule has 0 spiro atoms. The van der Waals surface area contributed by atoms with Gasteiger partial charge in [0.1, 0.15) is 11.3 Å². The molecule has 1 aliphatic heterocycles. The van der Waals surface area contributed by atoms with E-state index in [4.69, 9.17) is 4.42 Å². The maximum absolute atomic E-state index is 13.5. The van der Waals surface area contributed by atoms with Gasteiger partial charge in [-0.15, -0.1) is 0 Å². The number of hydrogen-bond acceptors (Lipinski definition) is 4. The number of fused-ring (bicyclic) bond motifs is 2. The third-order valence-electron chi connectivity index (χ3n) is 5.59. The zero-order valence-electron chi connectivity index (χ0n) is 16.6. The average Bonchev–Trinajstić information content (AvgIpc) is 3.02. The molecule has 0 saturated carbocycles. The first kappa shape index (κ1) is 19.6. The van der Waals surface area contributed by atoms with E-state index in [1.807, 2.05) is 31.2 Å². The summed E-state index contributed by atoms with van der Waals surface area (Å²) in [7, 11) is 0. The van der Waals surface area contributed by atoms with Gasteiger partial charge in [-0.3, -0.25) is 9.59 Å². The number of phenolic OH excluding ortho intramolecular Hbond substituents is 1. The maximum atomic E-state index is 13.5. The number of amides is 1. The van der Waals surface area contributed by atoms with Crippen molar-refractivity contribution in [3.05, 3.63) is 109 Å². The zero-order valence-corrected chi connectivity index (χ0v) is 18.2. The van der Waals surface area contributed by atoms with Crippen molar-refractivity contribution in [1.29, 1.82) is 0 Å². The third kappa shape index (κ3) is 3.33. The number of rotatable bonds is 3. The van der Waals surface area contributed by atoms with Crippen LogP contribution in [-0.4, -0.2) is 15.9 Å². The molecule has 0 fully saturated rings. The molecule has 6 heteroatoms. The molecule has 0 radical (unpaired) electrons. The monoisotopic (exact) mass is 475 g/mol. The molecule has 3 aromatic carbocycles. The summed E-state index contributed by atoms with van der Waals surface area (Å²) in [5, 5.41) is 10.5. The maximum Gasteiger partial charge on any atom is 0.291 e. The van der Waals surface area contributed by atoms with Gasteiger partial charge in [0, 0.05) is 11.0 Å². The van der Waals surface area contributed by atoms with Crippen molar-refractivity contribution < 1.29 is 14.3 Å². The molecule has 1 N–H and O–H groups in total. The first-order chi connectivity index (χ1) is 14.9. The van der Waals surface area contributed by atoms with E-state index >= 15 is 0 Å². The van der Waals surface area contributed by atoms with Crippen molar-refractivity contribution in [1.82, 2.24) is 4.90 Å². The van der Waals surface area contributed by atoms with E-state index in [1.165, 1.54) is 0 Å². The highest BCUT2D eigenvalue weighted by Gasteiger charge is 2.42. The number of aromatic hydroxyl groups is 1. The Kier molecular flexibility index (Phi) is 4.67. The first-order valence-electron chi connectivity index (χ1n) is 9.84. The van der Waals surface area contributed by atoms with Gasteiger partial charge in [0.25, 0.3) is 5.91 Å². The molecule has 1 aromatic heterocycles. The molecule has 31 heavy (non-hydrogen) atoms. The molecule has 1 unspecified atom stereocenters. The number of nitrogens with zero attached hydrogens (tertiary/aromatic N) is 1. The van der Waals surface area contributed by atoms with Crippen molar-refractivity contribution >= 4 is 32.8 Å². The lowest BCUT2D eigenvalue weighted by atomic mass is 9.98. The van der Waals surface area contributed by atoms with Gasteiger partial charge >= 0.3 is 0 Å². The Labute approximate surface area is 186 Å². The van der Waals surface area contributed by atoms with Crippen LogP contribution in [0.4, 0.5) is 0 Å². The van der Waals surface area contributed by atoms with E-state index in [1.54, 1.807) is 47.4 Å². The molecule has 1 aliphatic rings. The van der Waals surface area contributed by atoms with E-state index in [-0.39, 0.29) is 22.8 Å². The molecule has 1 amide bonds. The van der Waals surface area contributed by atoms with Crippen molar-refractivity contribution in [2.24, 2.45) is 0 Å². The first-order valence-corrected chi connectivity index (χ1v) is 10.6. The van der Waals surface area contributed by atoms with E-state index < -0.39 is 6.04 Å². The Bertz CT molecular complexity index is 1390. The quantitative estimate of drug-likeness (QED) is 0.435. The molecule has 1 atom stereocenters. The predicted molar refractivity (Wildman–Crippen MR) is 121 cm³/mol. The van der Waals surface area contributed by atoms with Crippen molar-refractivity contribution in [2.45, 2.75) is 19.5 Å². The van der Waals surface area contributed by atoms with Gasteiger partial charge in [0.15, 0.2) is 5.43 Å². The normalized spacial score (nSPS) is 15.5. The van der Waals surface area contributed by atoms with Gasteiger partial charge in [-0.25, -0.2) is 0 Å². The van der Waals surface area contributed by atoms with Gasteiger partial charge in [0.05, 0.1) is 17.0 Å². The van der Waals surface area contributed by atoms with Gasteiger partial charge in [-0.2, -0.15) is 0 Å². The van der Waals surface area contributed by atoms with Crippen LogP contribution in [0.3, 0.4) is 0 Å². The number of halogens is 1. The molecular formula is C25H18BrNO4. The van der Waals surface area contributed by atoms with Crippen LogP contribution in [0.1, 0.15) is 38.9 Å². The minimum absolute atomic E-state index is 0.0558. The van der Waals surface area contributed by atoms with Crippen molar-refractivity contribution in [3.8, 4) is 5.75 Å². The molecule has 4 aromatic rings. The summed E-state index contributed by atoms with van der Waals surface area (Å²) in [5.74, 6) is -0.215. The Morgan fingerprint density at radius 3 is 2.55 bits per heavy atom. The number of carbonyl (C=O) groups is 1. The fourth-order valence-electron chi connectivity index (χ4n) is 4.09. The van der Waals surface area contributed by atoms with E-state index in [0.29, 0.717) is 28.6 Å². The second-order valence-electron chi connectivity index (χ2n) is 7.73. The second kappa shape index (κ2) is 7.39. The fourth-order valence-corrected chi connectivity index (χ4v) is 4.45. The number of benzene rings is 3. The summed E-state index contributed by atoms with van der Waals surface area (Å²) in [4.78, 5) is 28.6. The van der Waals surface area contributed by atoms with Crippen LogP contribution in [0, 0.1) is 6.92 Å². The summed E-state index contributed by atoms with van der Waals surface area (Å²) in [6, 6.07) is 19.1. The lowest BCUT2D eigenvalue weighted by molar-refractivity contribution is 0.0714. The minimum Gasteiger partial charge on any atom is -0.508 e. The molecule has 0 saturated heterocycles. The van der Waals surface area contributed by atoms with Crippen LogP contribution in [-0.2, 0) is 6.54 Å². The topological polar surface area (TPSA) is 70.8 Å². The number of hydrogen-bond donors (Lipinski definition) is 1. The van der Waals surface area contributed by atoms with Crippen LogP contribution in [0.5, 0.6) is 5.75 Å². The average molecular weight is 476 g/mol. The SMILES string of the molecule is Cc1ccc(CN2C(=O)c3oc4ccc(Br)cc4c(=O)c3C2c2cccc(O)c2)cc1. The Morgan fingerprint density at radius 2 is 1.81 bits per heavy atom. The van der Waals surface area contributed by atoms with E-state index in [2.05, 4.69) is 15.9 Å². The van der Waals surface area contributed by atoms with Crippen LogP contribution in [0.2, 0.25) is 0 Å². The summed E-state index contributed by atoms with van der Waals surface area (Å²) in [5.41, 5.74) is 3.14. The highest BCUT2D eigenvalue weighted by Crippen LogP contribution is 2.40.